The van der Waals surface area contributed by atoms with E-state index in [4.69, 9.17) is 0 Å². The summed E-state index contributed by atoms with van der Waals surface area (Å²) in [5.41, 5.74) is 2.02. The van der Waals surface area contributed by atoms with Gasteiger partial charge in [-0.05, 0) is 67.6 Å². The van der Waals surface area contributed by atoms with Gasteiger partial charge < -0.3 is 4.90 Å². The third-order valence-corrected chi connectivity index (χ3v) is 7.78. The van der Waals surface area contributed by atoms with Crippen LogP contribution in [-0.4, -0.2) is 38.2 Å². The summed E-state index contributed by atoms with van der Waals surface area (Å²) in [5, 5.41) is -0.306. The Bertz CT molecular complexity index is 854. The molecule has 0 saturated carbocycles. The zero-order valence-corrected chi connectivity index (χ0v) is 16.9. The second-order valence-electron chi connectivity index (χ2n) is 7.66. The fraction of sp³-hybridized carbons (Fsp3) is 0.455. The van der Waals surface area contributed by atoms with E-state index in [9.17, 15) is 12.8 Å². The number of hydrogen-bond acceptors (Lipinski definition) is 3. The summed E-state index contributed by atoms with van der Waals surface area (Å²) in [6.45, 7) is 6.52. The first kappa shape index (κ1) is 20.0. The van der Waals surface area contributed by atoms with E-state index < -0.39 is 9.84 Å². The zero-order chi connectivity index (χ0) is 19.4. The molecule has 1 heterocycles. The lowest BCUT2D eigenvalue weighted by molar-refractivity contribution is 0.232. The van der Waals surface area contributed by atoms with E-state index in [-0.39, 0.29) is 17.0 Å². The van der Waals surface area contributed by atoms with Crippen LogP contribution in [0.3, 0.4) is 0 Å². The Morgan fingerprint density at radius 2 is 1.67 bits per heavy atom. The number of piperidine rings is 1. The topological polar surface area (TPSA) is 37.4 Å². The van der Waals surface area contributed by atoms with Gasteiger partial charge in [-0.1, -0.05) is 44.2 Å². The molecule has 2 aromatic carbocycles. The lowest BCUT2D eigenvalue weighted by Gasteiger charge is -2.32. The number of nitrogens with zero attached hydrogens (tertiary/aromatic N) is 1. The Kier molecular flexibility index (Phi) is 6.33. The highest BCUT2D eigenvalue weighted by atomic mass is 32.2. The zero-order valence-electron chi connectivity index (χ0n) is 16.1. The van der Waals surface area contributed by atoms with Crippen LogP contribution in [0, 0.1) is 5.82 Å². The summed E-state index contributed by atoms with van der Waals surface area (Å²) in [6.07, 6.45) is 2.18. The molecule has 0 spiro atoms. The molecule has 146 valence electrons. The van der Waals surface area contributed by atoms with Gasteiger partial charge in [0.15, 0.2) is 9.84 Å². The first-order valence-corrected chi connectivity index (χ1v) is 11.2. The second-order valence-corrected chi connectivity index (χ2v) is 9.85. The Morgan fingerprint density at radius 3 is 2.30 bits per heavy atom. The largest absolute Gasteiger partial charge is 0.303 e. The van der Waals surface area contributed by atoms with Crippen LogP contribution in [0.1, 0.15) is 43.7 Å². The minimum absolute atomic E-state index is 0.187. The van der Waals surface area contributed by atoms with Gasteiger partial charge in [0.05, 0.1) is 10.1 Å². The van der Waals surface area contributed by atoms with Crippen LogP contribution in [0.4, 0.5) is 4.39 Å². The van der Waals surface area contributed by atoms with Gasteiger partial charge in [-0.25, -0.2) is 12.8 Å². The molecule has 2 aromatic rings. The molecule has 1 aliphatic rings. The highest BCUT2D eigenvalue weighted by Gasteiger charge is 2.32. The van der Waals surface area contributed by atoms with Crippen molar-refractivity contribution in [2.75, 3.05) is 19.6 Å². The van der Waals surface area contributed by atoms with Gasteiger partial charge in [-0.3, -0.25) is 0 Å². The average molecular weight is 390 g/mol. The molecule has 0 atom stereocenters. The van der Waals surface area contributed by atoms with Crippen molar-refractivity contribution in [1.82, 2.24) is 4.90 Å². The smallest absolute Gasteiger partial charge is 0.181 e. The van der Waals surface area contributed by atoms with Crippen molar-refractivity contribution < 1.29 is 12.8 Å². The Hall–Kier alpha value is -1.72. The molecule has 3 nitrogen and oxygen atoms in total. The van der Waals surface area contributed by atoms with Gasteiger partial charge in [0.25, 0.3) is 0 Å². The van der Waals surface area contributed by atoms with E-state index in [2.05, 4.69) is 4.90 Å². The lowest BCUT2D eigenvalue weighted by Crippen LogP contribution is -2.40. The van der Waals surface area contributed by atoms with Gasteiger partial charge in [0.1, 0.15) is 5.82 Å². The number of benzene rings is 2. The average Bonchev–Trinajstić information content (AvgIpc) is 2.68. The van der Waals surface area contributed by atoms with Crippen molar-refractivity contribution in [2.45, 2.75) is 49.2 Å². The third kappa shape index (κ3) is 4.77. The standard InChI is InChI=1S/C22H28FNO2S/c1-17(2)21-5-3-4-6-22(21)27(25,26)20-12-15-24(16-13-20)14-11-18-7-9-19(23)10-8-18/h3-10,17,20H,11-16H2,1-2H3. The molecule has 0 amide bonds. The van der Waals surface area contributed by atoms with Crippen LogP contribution in [0.15, 0.2) is 53.4 Å². The maximum atomic E-state index is 13.2. The summed E-state index contributed by atoms with van der Waals surface area (Å²) < 4.78 is 39.3. The number of halogens is 1. The van der Waals surface area contributed by atoms with Gasteiger partial charge >= 0.3 is 0 Å². The van der Waals surface area contributed by atoms with Gasteiger partial charge in [-0.2, -0.15) is 0 Å². The predicted molar refractivity (Wildman–Crippen MR) is 107 cm³/mol. The van der Waals surface area contributed by atoms with Crippen molar-refractivity contribution in [2.24, 2.45) is 0 Å². The molecule has 0 N–H and O–H groups in total. The molecule has 0 unspecified atom stereocenters. The normalized spacial score (nSPS) is 16.7. The monoisotopic (exact) mass is 389 g/mol. The van der Waals surface area contributed by atoms with Crippen molar-refractivity contribution in [3.63, 3.8) is 0 Å². The third-order valence-electron chi connectivity index (χ3n) is 5.45. The van der Waals surface area contributed by atoms with E-state index in [1.807, 2.05) is 44.2 Å². The number of sulfone groups is 1. The first-order chi connectivity index (χ1) is 12.9. The highest BCUT2D eigenvalue weighted by Crippen LogP contribution is 2.30. The predicted octanol–water partition coefficient (Wildman–Crippen LogP) is 4.43. The molecular formula is C22H28FNO2S. The Balaban J connectivity index is 1.60. The van der Waals surface area contributed by atoms with Crippen LogP contribution in [0.25, 0.3) is 0 Å². The number of hydrogen-bond donors (Lipinski definition) is 0. The molecule has 27 heavy (non-hydrogen) atoms. The van der Waals surface area contributed by atoms with E-state index in [1.54, 1.807) is 6.07 Å². The summed E-state index contributed by atoms with van der Waals surface area (Å²) in [5.74, 6) is -0.0294. The first-order valence-electron chi connectivity index (χ1n) is 9.67. The van der Waals surface area contributed by atoms with E-state index in [0.717, 1.165) is 37.2 Å². The van der Waals surface area contributed by atoms with Gasteiger partial charge in [-0.15, -0.1) is 0 Å². The number of rotatable bonds is 6. The molecule has 3 rings (SSSR count). The van der Waals surface area contributed by atoms with Crippen LogP contribution in [0.5, 0.6) is 0 Å². The summed E-state index contributed by atoms with van der Waals surface area (Å²) in [6, 6.07) is 14.0. The van der Waals surface area contributed by atoms with Crippen molar-refractivity contribution in [3.8, 4) is 0 Å². The molecular weight excluding hydrogens is 361 g/mol. The van der Waals surface area contributed by atoms with Crippen LogP contribution in [0.2, 0.25) is 0 Å². The van der Waals surface area contributed by atoms with Crippen molar-refractivity contribution in [1.29, 1.82) is 0 Å². The highest BCUT2D eigenvalue weighted by molar-refractivity contribution is 7.92. The lowest BCUT2D eigenvalue weighted by atomic mass is 10.0. The van der Waals surface area contributed by atoms with Crippen molar-refractivity contribution >= 4 is 9.84 Å². The molecule has 0 aromatic heterocycles. The minimum Gasteiger partial charge on any atom is -0.303 e. The van der Waals surface area contributed by atoms with Gasteiger partial charge in [0.2, 0.25) is 0 Å². The fourth-order valence-electron chi connectivity index (χ4n) is 3.78. The molecule has 1 aliphatic heterocycles. The molecule has 5 heteroatoms. The van der Waals surface area contributed by atoms with E-state index >= 15 is 0 Å². The molecule has 0 radical (unpaired) electrons. The van der Waals surface area contributed by atoms with Crippen molar-refractivity contribution in [3.05, 3.63) is 65.5 Å². The van der Waals surface area contributed by atoms with Crippen LogP contribution < -0.4 is 0 Å². The maximum Gasteiger partial charge on any atom is 0.181 e. The SMILES string of the molecule is CC(C)c1ccccc1S(=O)(=O)C1CCN(CCc2ccc(F)cc2)CC1. The molecule has 1 fully saturated rings. The molecule has 1 saturated heterocycles. The Labute approximate surface area is 162 Å². The molecule has 0 bridgehead atoms. The summed E-state index contributed by atoms with van der Waals surface area (Å²) >= 11 is 0. The fourth-order valence-corrected chi connectivity index (χ4v) is 5.87. The number of likely N-dealkylation sites (tertiary alicyclic amines) is 1. The van der Waals surface area contributed by atoms with Gasteiger partial charge in [0, 0.05) is 6.54 Å². The minimum atomic E-state index is -3.30. The van der Waals surface area contributed by atoms with Crippen LogP contribution in [-0.2, 0) is 16.3 Å². The second kappa shape index (κ2) is 8.53. The quantitative estimate of drug-likeness (QED) is 0.733. The Morgan fingerprint density at radius 1 is 1.04 bits per heavy atom. The van der Waals surface area contributed by atoms with E-state index in [0.29, 0.717) is 17.7 Å². The molecule has 0 aliphatic carbocycles. The summed E-state index contributed by atoms with van der Waals surface area (Å²) in [7, 11) is -3.30. The van der Waals surface area contributed by atoms with Crippen LogP contribution >= 0.6 is 0 Å². The van der Waals surface area contributed by atoms with E-state index in [1.165, 1.54) is 12.1 Å². The summed E-state index contributed by atoms with van der Waals surface area (Å²) in [4.78, 5) is 2.81. The maximum absolute atomic E-state index is 13.2.